The Morgan fingerprint density at radius 1 is 1.22 bits per heavy atom. The number of fused-ring (bicyclic) bond motifs is 1. The molecule has 11 heteroatoms. The Morgan fingerprint density at radius 2 is 2.00 bits per heavy atom. The van der Waals surface area contributed by atoms with Gasteiger partial charge in [0.1, 0.15) is 30.0 Å². The SMILES string of the molecule is N/N=C(\NN)c1cc2occ(C(=O)Nc3ccc(OCc4cc(Cl)cs4)cc3)c2cc1F. The van der Waals surface area contributed by atoms with Crippen LogP contribution in [0.4, 0.5) is 10.1 Å². The first-order valence-electron chi connectivity index (χ1n) is 9.21. The molecule has 0 atom stereocenters. The van der Waals surface area contributed by atoms with Crippen LogP contribution in [-0.4, -0.2) is 11.7 Å². The van der Waals surface area contributed by atoms with Crippen molar-refractivity contribution in [3.05, 3.63) is 81.0 Å². The van der Waals surface area contributed by atoms with E-state index in [0.29, 0.717) is 28.5 Å². The molecule has 0 fully saturated rings. The molecule has 0 radical (unpaired) electrons. The largest absolute Gasteiger partial charge is 0.488 e. The van der Waals surface area contributed by atoms with Crippen molar-refractivity contribution in [2.75, 3.05) is 5.32 Å². The van der Waals surface area contributed by atoms with Gasteiger partial charge in [-0.15, -0.1) is 11.3 Å². The van der Waals surface area contributed by atoms with Crippen molar-refractivity contribution in [3.63, 3.8) is 0 Å². The van der Waals surface area contributed by atoms with Crippen LogP contribution in [0.3, 0.4) is 0 Å². The Morgan fingerprint density at radius 3 is 2.66 bits per heavy atom. The number of carbonyl (C=O) groups excluding carboxylic acids is 1. The molecule has 0 unspecified atom stereocenters. The average Bonchev–Trinajstić information content (AvgIpc) is 3.40. The first kappa shape index (κ1) is 21.6. The number of ether oxygens (including phenoxy) is 1. The molecule has 164 valence electrons. The number of anilines is 1. The van der Waals surface area contributed by atoms with Crippen LogP contribution in [0.2, 0.25) is 5.02 Å². The lowest BCUT2D eigenvalue weighted by Gasteiger charge is -2.08. The highest BCUT2D eigenvalue weighted by Gasteiger charge is 2.19. The number of amides is 1. The Hall–Kier alpha value is -3.60. The maximum absolute atomic E-state index is 14.5. The van der Waals surface area contributed by atoms with Crippen LogP contribution in [0.5, 0.6) is 5.75 Å². The summed E-state index contributed by atoms with van der Waals surface area (Å²) in [6, 6.07) is 11.2. The summed E-state index contributed by atoms with van der Waals surface area (Å²) in [5.41, 5.74) is 3.22. The number of hydrogen-bond donors (Lipinski definition) is 4. The topological polar surface area (TPSA) is 128 Å². The second kappa shape index (κ2) is 9.27. The molecule has 32 heavy (non-hydrogen) atoms. The van der Waals surface area contributed by atoms with E-state index in [0.717, 1.165) is 4.88 Å². The second-order valence-electron chi connectivity index (χ2n) is 6.60. The Bertz CT molecular complexity index is 1300. The highest BCUT2D eigenvalue weighted by molar-refractivity contribution is 7.10. The van der Waals surface area contributed by atoms with Crippen LogP contribution in [0.15, 0.2) is 63.6 Å². The van der Waals surface area contributed by atoms with E-state index < -0.39 is 11.7 Å². The predicted molar refractivity (Wildman–Crippen MR) is 122 cm³/mol. The van der Waals surface area contributed by atoms with Gasteiger partial charge >= 0.3 is 0 Å². The van der Waals surface area contributed by atoms with Gasteiger partial charge in [0, 0.05) is 21.3 Å². The number of benzene rings is 2. The van der Waals surface area contributed by atoms with Crippen LogP contribution in [0, 0.1) is 5.82 Å². The van der Waals surface area contributed by atoms with Crippen LogP contribution in [-0.2, 0) is 6.61 Å². The molecule has 0 aliphatic rings. The number of halogens is 2. The molecule has 0 saturated heterocycles. The van der Waals surface area contributed by atoms with Crippen molar-refractivity contribution in [1.82, 2.24) is 5.43 Å². The van der Waals surface area contributed by atoms with Crippen molar-refractivity contribution in [1.29, 1.82) is 0 Å². The molecule has 8 nitrogen and oxygen atoms in total. The van der Waals surface area contributed by atoms with Crippen molar-refractivity contribution in [2.45, 2.75) is 6.61 Å². The molecule has 1 amide bonds. The van der Waals surface area contributed by atoms with E-state index in [1.54, 1.807) is 24.3 Å². The van der Waals surface area contributed by atoms with Gasteiger partial charge in [-0.1, -0.05) is 11.6 Å². The summed E-state index contributed by atoms with van der Waals surface area (Å²) >= 11 is 7.42. The Labute approximate surface area is 190 Å². The average molecular weight is 474 g/mol. The lowest BCUT2D eigenvalue weighted by molar-refractivity contribution is 0.102. The minimum Gasteiger partial charge on any atom is -0.488 e. The second-order valence-corrected chi connectivity index (χ2v) is 8.03. The molecule has 0 aliphatic carbocycles. The zero-order valence-electron chi connectivity index (χ0n) is 16.4. The van der Waals surface area contributed by atoms with Gasteiger partial charge in [-0.25, -0.2) is 10.2 Å². The molecule has 4 rings (SSSR count). The van der Waals surface area contributed by atoms with Gasteiger partial charge < -0.3 is 25.7 Å². The molecule has 4 aromatic rings. The fourth-order valence-electron chi connectivity index (χ4n) is 3.01. The van der Waals surface area contributed by atoms with E-state index in [9.17, 15) is 9.18 Å². The summed E-state index contributed by atoms with van der Waals surface area (Å²) in [5.74, 6) is 9.95. The number of nitrogens with one attached hydrogen (secondary N) is 2. The van der Waals surface area contributed by atoms with E-state index in [4.69, 9.17) is 32.4 Å². The fraction of sp³-hybridized carbons (Fsp3) is 0.0476. The third-order valence-electron chi connectivity index (χ3n) is 4.54. The highest BCUT2D eigenvalue weighted by Crippen LogP contribution is 2.26. The monoisotopic (exact) mass is 473 g/mol. The van der Waals surface area contributed by atoms with Crippen LogP contribution in [0.1, 0.15) is 20.8 Å². The predicted octanol–water partition coefficient (Wildman–Crippen LogP) is 4.20. The van der Waals surface area contributed by atoms with Gasteiger partial charge in [-0.3, -0.25) is 4.79 Å². The number of furan rings is 1. The molecule has 0 aliphatic heterocycles. The minimum atomic E-state index is -0.663. The first-order valence-corrected chi connectivity index (χ1v) is 10.5. The Kier molecular flexibility index (Phi) is 6.26. The summed E-state index contributed by atoms with van der Waals surface area (Å²) in [5, 5.41) is 8.95. The minimum absolute atomic E-state index is 0.0178. The number of nitrogens with two attached hydrogens (primary N) is 2. The molecule has 2 aromatic carbocycles. The molecule has 2 heterocycles. The van der Waals surface area contributed by atoms with Gasteiger partial charge in [0.25, 0.3) is 5.91 Å². The van der Waals surface area contributed by atoms with Crippen LogP contribution < -0.4 is 27.2 Å². The van der Waals surface area contributed by atoms with Crippen molar-refractivity contribution in [2.24, 2.45) is 16.8 Å². The Balaban J connectivity index is 1.47. The van der Waals surface area contributed by atoms with E-state index in [2.05, 4.69) is 15.8 Å². The quantitative estimate of drug-likeness (QED) is 0.144. The zero-order valence-corrected chi connectivity index (χ0v) is 18.0. The van der Waals surface area contributed by atoms with Gasteiger partial charge in [0.15, 0.2) is 5.84 Å². The van der Waals surface area contributed by atoms with Gasteiger partial charge in [0.2, 0.25) is 0 Å². The van der Waals surface area contributed by atoms with E-state index in [1.807, 2.05) is 11.4 Å². The lowest BCUT2D eigenvalue weighted by Crippen LogP contribution is -2.32. The number of nitrogens with zero attached hydrogens (tertiary/aromatic N) is 1. The van der Waals surface area contributed by atoms with E-state index >= 15 is 0 Å². The summed E-state index contributed by atoms with van der Waals surface area (Å²) in [6.45, 7) is 0.397. The summed E-state index contributed by atoms with van der Waals surface area (Å²) in [4.78, 5) is 13.7. The number of hydrazone groups is 1. The molecule has 2 aromatic heterocycles. The smallest absolute Gasteiger partial charge is 0.259 e. The molecular formula is C21H17ClFN5O3S. The van der Waals surface area contributed by atoms with Crippen LogP contribution >= 0.6 is 22.9 Å². The number of carbonyl (C=O) groups is 1. The van der Waals surface area contributed by atoms with E-state index in [-0.39, 0.29) is 22.5 Å². The molecular weight excluding hydrogens is 457 g/mol. The first-order chi connectivity index (χ1) is 15.5. The zero-order chi connectivity index (χ0) is 22.7. The van der Waals surface area contributed by atoms with Gasteiger partial charge in [-0.05, 0) is 42.5 Å². The number of hydrazine groups is 1. The molecule has 0 spiro atoms. The van der Waals surface area contributed by atoms with Crippen LogP contribution in [0.25, 0.3) is 11.0 Å². The van der Waals surface area contributed by atoms with Crippen molar-refractivity contribution in [3.8, 4) is 5.75 Å². The maximum Gasteiger partial charge on any atom is 0.259 e. The summed E-state index contributed by atoms with van der Waals surface area (Å²) in [6.07, 6.45) is 1.25. The maximum atomic E-state index is 14.5. The molecule has 0 bridgehead atoms. The number of amidine groups is 1. The van der Waals surface area contributed by atoms with Crippen molar-refractivity contribution >= 4 is 51.3 Å². The van der Waals surface area contributed by atoms with Gasteiger partial charge in [0.05, 0.1) is 16.1 Å². The van der Waals surface area contributed by atoms with E-state index in [1.165, 1.54) is 29.7 Å². The number of rotatable bonds is 6. The summed E-state index contributed by atoms with van der Waals surface area (Å²) < 4.78 is 25.6. The van der Waals surface area contributed by atoms with Crippen molar-refractivity contribution < 1.29 is 18.3 Å². The highest BCUT2D eigenvalue weighted by atomic mass is 35.5. The van der Waals surface area contributed by atoms with Gasteiger partial charge in [-0.2, -0.15) is 5.10 Å². The molecule has 0 saturated carbocycles. The number of thiophene rings is 1. The molecule has 6 N–H and O–H groups in total. The normalized spacial score (nSPS) is 11.5. The standard InChI is InChI=1S/C21H17ClFN5O3S/c22-11-5-14(32-10-11)8-30-13-3-1-12(2-4-13)26-21(29)17-9-31-19-7-16(20(27-24)28-25)18(23)6-15(17)19/h1-7,9-10H,8,24-25H2,(H,26,29)(H,27,28). The summed E-state index contributed by atoms with van der Waals surface area (Å²) in [7, 11) is 0. The third-order valence-corrected chi connectivity index (χ3v) is 5.80. The fourth-order valence-corrected chi connectivity index (χ4v) is 3.99. The lowest BCUT2D eigenvalue weighted by atomic mass is 10.1. The third kappa shape index (κ3) is 4.52. The number of hydrogen-bond acceptors (Lipinski definition) is 7.